The molecule has 2 bridgehead atoms. The number of fused-ring (bicyclic) bond motifs is 2. The van der Waals surface area contributed by atoms with Crippen LogP contribution in [0.25, 0.3) is 0 Å². The van der Waals surface area contributed by atoms with Crippen molar-refractivity contribution in [2.75, 3.05) is 7.05 Å². The Morgan fingerprint density at radius 1 is 1.15 bits per heavy atom. The molecule has 3 amide bonds. The highest BCUT2D eigenvalue weighted by atomic mass is 16.2. The molecule has 26 heavy (non-hydrogen) atoms. The number of benzene rings is 1. The largest absolute Gasteiger partial charge is 0.339 e. The van der Waals surface area contributed by atoms with Gasteiger partial charge in [0, 0.05) is 43.3 Å². The number of amides is 3. The quantitative estimate of drug-likeness (QED) is 0.756. The molecule has 1 aromatic rings. The second-order valence-corrected chi connectivity index (χ2v) is 7.86. The van der Waals surface area contributed by atoms with Gasteiger partial charge in [0.2, 0.25) is 0 Å². The van der Waals surface area contributed by atoms with Crippen LogP contribution < -0.4 is 16.0 Å². The zero-order valence-corrected chi connectivity index (χ0v) is 15.9. The monoisotopic (exact) mass is 358 g/mol. The molecule has 0 spiro atoms. The van der Waals surface area contributed by atoms with Crippen LogP contribution in [0.2, 0.25) is 0 Å². The van der Waals surface area contributed by atoms with Crippen molar-refractivity contribution in [1.29, 1.82) is 0 Å². The Balaban J connectivity index is 1.54. The molecule has 6 nitrogen and oxygen atoms in total. The second kappa shape index (κ2) is 8.08. The van der Waals surface area contributed by atoms with Crippen LogP contribution in [0.1, 0.15) is 55.5 Å². The Hall–Kier alpha value is -2.08. The number of carbonyl (C=O) groups is 2. The minimum atomic E-state index is -0.180. The summed E-state index contributed by atoms with van der Waals surface area (Å²) in [6.07, 6.45) is 4.56. The summed E-state index contributed by atoms with van der Waals surface area (Å²) < 4.78 is 0. The maximum absolute atomic E-state index is 12.8. The number of urea groups is 1. The molecule has 2 unspecified atom stereocenters. The summed E-state index contributed by atoms with van der Waals surface area (Å²) in [6, 6.07) is 8.90. The highest BCUT2D eigenvalue weighted by Gasteiger charge is 2.36. The molecule has 1 aromatic carbocycles. The summed E-state index contributed by atoms with van der Waals surface area (Å²) >= 11 is 0. The number of rotatable bonds is 5. The van der Waals surface area contributed by atoms with Crippen LogP contribution in [-0.4, -0.2) is 48.1 Å². The summed E-state index contributed by atoms with van der Waals surface area (Å²) in [5.41, 5.74) is 1.68. The molecule has 2 fully saturated rings. The van der Waals surface area contributed by atoms with Gasteiger partial charge in [-0.05, 0) is 57.2 Å². The van der Waals surface area contributed by atoms with Gasteiger partial charge in [-0.25, -0.2) is 4.79 Å². The predicted octanol–water partition coefficient (Wildman–Crippen LogP) is 2.25. The Labute approximate surface area is 155 Å². The Morgan fingerprint density at radius 2 is 1.77 bits per heavy atom. The van der Waals surface area contributed by atoms with Crippen LogP contribution in [-0.2, 0) is 6.54 Å². The molecule has 6 heteroatoms. The van der Waals surface area contributed by atoms with E-state index in [4.69, 9.17) is 0 Å². The Morgan fingerprint density at radius 3 is 2.35 bits per heavy atom. The normalized spacial score (nSPS) is 24.4. The standard InChI is InChI=1S/C20H30N4O2/c1-13(2)22-20(26)21-12-14-4-6-15(7-5-14)19(25)24(3)18-10-16-8-9-17(11-18)23-16/h4-7,13,16-18,23H,8-12H2,1-3H3,(H2,21,22,26). The van der Waals surface area contributed by atoms with Crippen LogP contribution >= 0.6 is 0 Å². The van der Waals surface area contributed by atoms with E-state index in [2.05, 4.69) is 16.0 Å². The van der Waals surface area contributed by atoms with E-state index in [-0.39, 0.29) is 18.0 Å². The molecule has 0 aliphatic carbocycles. The van der Waals surface area contributed by atoms with Crippen LogP contribution in [0, 0.1) is 0 Å². The number of nitrogens with one attached hydrogen (secondary N) is 3. The van der Waals surface area contributed by atoms with E-state index in [1.165, 1.54) is 12.8 Å². The third kappa shape index (κ3) is 4.55. The lowest BCUT2D eigenvalue weighted by Crippen LogP contribution is -2.48. The molecule has 0 aromatic heterocycles. The summed E-state index contributed by atoms with van der Waals surface area (Å²) in [5, 5.41) is 9.23. The lowest BCUT2D eigenvalue weighted by atomic mass is 9.98. The zero-order chi connectivity index (χ0) is 18.7. The van der Waals surface area contributed by atoms with Crippen LogP contribution in [0.5, 0.6) is 0 Å². The lowest BCUT2D eigenvalue weighted by molar-refractivity contribution is 0.0681. The third-order valence-corrected chi connectivity index (χ3v) is 5.39. The van der Waals surface area contributed by atoms with E-state index < -0.39 is 0 Å². The molecular weight excluding hydrogens is 328 g/mol. The molecule has 0 saturated carbocycles. The van der Waals surface area contributed by atoms with Gasteiger partial charge >= 0.3 is 6.03 Å². The summed E-state index contributed by atoms with van der Waals surface area (Å²) in [7, 11) is 1.92. The Kier molecular flexibility index (Phi) is 5.81. The van der Waals surface area contributed by atoms with E-state index >= 15 is 0 Å². The van der Waals surface area contributed by atoms with E-state index in [1.54, 1.807) is 0 Å². The van der Waals surface area contributed by atoms with Crippen molar-refractivity contribution in [2.45, 2.75) is 70.2 Å². The molecule has 2 aliphatic heterocycles. The molecule has 2 heterocycles. The van der Waals surface area contributed by atoms with Gasteiger partial charge in [-0.15, -0.1) is 0 Å². The first-order chi connectivity index (χ1) is 12.4. The van der Waals surface area contributed by atoms with Crippen molar-refractivity contribution >= 4 is 11.9 Å². The van der Waals surface area contributed by atoms with Crippen LogP contribution in [0.15, 0.2) is 24.3 Å². The third-order valence-electron chi connectivity index (χ3n) is 5.39. The smallest absolute Gasteiger partial charge is 0.315 e. The fourth-order valence-corrected chi connectivity index (χ4v) is 3.97. The second-order valence-electron chi connectivity index (χ2n) is 7.86. The van der Waals surface area contributed by atoms with Gasteiger partial charge in [0.15, 0.2) is 0 Å². The maximum atomic E-state index is 12.8. The summed E-state index contributed by atoms with van der Waals surface area (Å²) in [4.78, 5) is 26.4. The van der Waals surface area contributed by atoms with E-state index in [9.17, 15) is 9.59 Å². The van der Waals surface area contributed by atoms with E-state index in [1.807, 2.05) is 50.1 Å². The van der Waals surface area contributed by atoms with E-state index in [0.29, 0.717) is 30.2 Å². The predicted molar refractivity (Wildman–Crippen MR) is 102 cm³/mol. The molecule has 2 atom stereocenters. The van der Waals surface area contributed by atoms with Crippen molar-refractivity contribution < 1.29 is 9.59 Å². The average molecular weight is 358 g/mol. The van der Waals surface area contributed by atoms with Gasteiger partial charge in [-0.1, -0.05) is 12.1 Å². The first kappa shape index (κ1) is 18.7. The SMILES string of the molecule is CC(C)NC(=O)NCc1ccc(C(=O)N(C)C2CC3CCC(C2)N3)cc1. The van der Waals surface area contributed by atoms with Crippen molar-refractivity contribution in [1.82, 2.24) is 20.9 Å². The minimum absolute atomic E-state index is 0.0772. The molecule has 3 rings (SSSR count). The number of piperidine rings is 1. The molecule has 0 radical (unpaired) electrons. The number of hydrogen-bond donors (Lipinski definition) is 3. The Bertz CT molecular complexity index is 632. The van der Waals surface area contributed by atoms with Gasteiger partial charge in [0.25, 0.3) is 5.91 Å². The van der Waals surface area contributed by atoms with Crippen LogP contribution in [0.3, 0.4) is 0 Å². The molecular formula is C20H30N4O2. The molecule has 2 saturated heterocycles. The lowest BCUT2D eigenvalue weighted by Gasteiger charge is -2.35. The average Bonchev–Trinajstić information content (AvgIpc) is 2.96. The molecule has 142 valence electrons. The maximum Gasteiger partial charge on any atom is 0.315 e. The fraction of sp³-hybridized carbons (Fsp3) is 0.600. The first-order valence-electron chi connectivity index (χ1n) is 9.59. The number of nitrogens with zero attached hydrogens (tertiary/aromatic N) is 1. The number of hydrogen-bond acceptors (Lipinski definition) is 3. The van der Waals surface area contributed by atoms with Gasteiger partial charge < -0.3 is 20.9 Å². The first-order valence-corrected chi connectivity index (χ1v) is 9.59. The zero-order valence-electron chi connectivity index (χ0n) is 15.9. The van der Waals surface area contributed by atoms with Gasteiger partial charge in [-0.2, -0.15) is 0 Å². The van der Waals surface area contributed by atoms with Crippen molar-refractivity contribution in [3.05, 3.63) is 35.4 Å². The van der Waals surface area contributed by atoms with Gasteiger partial charge in [0.1, 0.15) is 0 Å². The molecule has 2 aliphatic rings. The van der Waals surface area contributed by atoms with Crippen molar-refractivity contribution in [2.24, 2.45) is 0 Å². The highest BCUT2D eigenvalue weighted by Crippen LogP contribution is 2.29. The van der Waals surface area contributed by atoms with Gasteiger partial charge in [-0.3, -0.25) is 4.79 Å². The highest BCUT2D eigenvalue weighted by molar-refractivity contribution is 5.94. The van der Waals surface area contributed by atoms with Crippen LogP contribution in [0.4, 0.5) is 4.79 Å². The van der Waals surface area contributed by atoms with Crippen molar-refractivity contribution in [3.8, 4) is 0 Å². The van der Waals surface area contributed by atoms with E-state index in [0.717, 1.165) is 18.4 Å². The minimum Gasteiger partial charge on any atom is -0.339 e. The van der Waals surface area contributed by atoms with Crippen molar-refractivity contribution in [3.63, 3.8) is 0 Å². The number of carbonyl (C=O) groups excluding carboxylic acids is 2. The van der Waals surface area contributed by atoms with Gasteiger partial charge in [0.05, 0.1) is 0 Å². The fourth-order valence-electron chi connectivity index (χ4n) is 3.97. The summed E-state index contributed by atoms with van der Waals surface area (Å²) in [6.45, 7) is 4.29. The topological polar surface area (TPSA) is 73.5 Å². The molecule has 3 N–H and O–H groups in total. The summed E-state index contributed by atoms with van der Waals surface area (Å²) in [5.74, 6) is 0.0772.